The molecule has 4 rings (SSSR count). The predicted octanol–water partition coefficient (Wildman–Crippen LogP) is 6.58. The Morgan fingerprint density at radius 2 is 1.62 bits per heavy atom. The van der Waals surface area contributed by atoms with Crippen LogP contribution in [-0.2, 0) is 45.4 Å². The highest BCUT2D eigenvalue weighted by molar-refractivity contribution is 7.65. The molecule has 0 saturated heterocycles. The van der Waals surface area contributed by atoms with Crippen molar-refractivity contribution in [3.8, 4) is 23.5 Å². The van der Waals surface area contributed by atoms with Gasteiger partial charge in [0.05, 0.1) is 42.1 Å². The first-order valence-corrected chi connectivity index (χ1v) is 25.1. The summed E-state index contributed by atoms with van der Waals surface area (Å²) < 4.78 is 121. The Bertz CT molecular complexity index is 2770. The van der Waals surface area contributed by atoms with Crippen LogP contribution in [0.2, 0.25) is 5.02 Å². The number of carbonyl (C=O) groups is 4. The minimum absolute atomic E-state index is 0.177. The SMILES string of the molecule is C#CP(=O)(Nc1ccc(C(=O)NCCCCCOP(=O)(NC(C)C(=O)NC(C)C(=O)O)OCc2nn(-c3cc(OC(C)C(F)(F)F)c(C(=O)Nc4c(F)cccc4Cl)cc3F)c(=O)n2CC)cc1)OCCO. The van der Waals surface area contributed by atoms with Gasteiger partial charge in [0, 0.05) is 36.1 Å². The summed E-state index contributed by atoms with van der Waals surface area (Å²) in [6.07, 6.45) is -1.36. The molecule has 21 nitrogen and oxygen atoms in total. The fourth-order valence-electron chi connectivity index (χ4n) is 6.03. The molecule has 0 spiro atoms. The predicted molar refractivity (Wildman–Crippen MR) is 251 cm³/mol. The Hall–Kier alpha value is -6.16. The van der Waals surface area contributed by atoms with Gasteiger partial charge in [0.2, 0.25) is 5.91 Å². The third-order valence-corrected chi connectivity index (χ3v) is 13.4. The number of alkyl halides is 3. The number of aromatic nitrogens is 3. The van der Waals surface area contributed by atoms with E-state index in [-0.39, 0.29) is 49.1 Å². The summed E-state index contributed by atoms with van der Waals surface area (Å²) in [4.78, 5) is 63.9. The van der Waals surface area contributed by atoms with Gasteiger partial charge in [0.15, 0.2) is 11.9 Å². The fourth-order valence-corrected chi connectivity index (χ4v) is 8.75. The van der Waals surface area contributed by atoms with Crippen molar-refractivity contribution in [3.05, 3.63) is 98.7 Å². The van der Waals surface area contributed by atoms with Gasteiger partial charge >= 0.3 is 33.1 Å². The highest BCUT2D eigenvalue weighted by Crippen LogP contribution is 2.46. The molecule has 4 aromatic rings. The molecule has 0 saturated carbocycles. The molecule has 3 aromatic carbocycles. The third-order valence-electron chi connectivity index (χ3n) is 9.91. The number of carbonyl (C=O) groups excluding carboxylic acids is 3. The average molecular weight is 1080 g/mol. The first-order chi connectivity index (χ1) is 33.8. The van der Waals surface area contributed by atoms with Gasteiger partial charge in [-0.3, -0.25) is 37.4 Å². The van der Waals surface area contributed by atoms with E-state index in [4.69, 9.17) is 41.4 Å². The lowest BCUT2D eigenvalue weighted by molar-refractivity contribution is -0.189. The zero-order chi connectivity index (χ0) is 53.6. The van der Waals surface area contributed by atoms with E-state index >= 15 is 4.39 Å². The van der Waals surface area contributed by atoms with Gasteiger partial charge in [0.1, 0.15) is 35.7 Å². The first-order valence-electron chi connectivity index (χ1n) is 21.6. The molecular weight excluding hydrogens is 1030 g/mol. The summed E-state index contributed by atoms with van der Waals surface area (Å²) in [5.74, 6) is -7.79. The first kappa shape index (κ1) is 58.4. The van der Waals surface area contributed by atoms with Crippen LogP contribution in [-0.4, -0.2) is 99.0 Å². The summed E-state index contributed by atoms with van der Waals surface area (Å²) in [6, 6.07) is 7.35. The number of amides is 3. The molecule has 0 radical (unpaired) electrons. The second kappa shape index (κ2) is 26.0. The van der Waals surface area contributed by atoms with Crippen LogP contribution in [0.4, 0.5) is 33.3 Å². The van der Waals surface area contributed by atoms with Crippen LogP contribution in [0.3, 0.4) is 0 Å². The number of unbranched alkanes of at least 4 members (excludes halogenated alkanes) is 2. The van der Waals surface area contributed by atoms with Crippen molar-refractivity contribution in [1.29, 1.82) is 0 Å². The van der Waals surface area contributed by atoms with Gasteiger partial charge in [-0.2, -0.15) is 17.9 Å². The van der Waals surface area contributed by atoms with Crippen molar-refractivity contribution < 1.29 is 78.8 Å². The smallest absolute Gasteiger partial charge is 0.425 e. The molecule has 0 fully saturated rings. The van der Waals surface area contributed by atoms with Gasteiger partial charge in [-0.05, 0) is 89.4 Å². The van der Waals surface area contributed by atoms with Crippen LogP contribution in [0.1, 0.15) is 73.5 Å². The minimum atomic E-state index is -5.01. The maximum Gasteiger partial charge on any atom is 0.425 e. The lowest BCUT2D eigenvalue weighted by Crippen LogP contribution is -2.47. The van der Waals surface area contributed by atoms with Crippen LogP contribution in [0.5, 0.6) is 5.75 Å². The lowest BCUT2D eigenvalue weighted by Gasteiger charge is -2.23. The molecule has 0 aliphatic heterocycles. The molecule has 0 aliphatic carbocycles. The number of terminal acetylenes is 1. The summed E-state index contributed by atoms with van der Waals surface area (Å²) in [5, 5.41) is 33.9. The van der Waals surface area contributed by atoms with Gasteiger partial charge in [-0.1, -0.05) is 17.7 Å². The van der Waals surface area contributed by atoms with E-state index in [1.165, 1.54) is 57.2 Å². The molecule has 5 unspecified atom stereocenters. The van der Waals surface area contributed by atoms with Gasteiger partial charge in [-0.25, -0.2) is 23.2 Å². The monoisotopic (exact) mass is 1080 g/mol. The number of hydrogen-bond donors (Lipinski definition) is 7. The zero-order valence-corrected chi connectivity index (χ0v) is 41.3. The Morgan fingerprint density at radius 3 is 2.24 bits per heavy atom. The molecular formula is C43H50ClF5N8O13P2. The molecule has 72 heavy (non-hydrogen) atoms. The van der Waals surface area contributed by atoms with E-state index < -0.39 is 117 Å². The highest BCUT2D eigenvalue weighted by Gasteiger charge is 2.39. The number of ether oxygens (including phenoxy) is 1. The van der Waals surface area contributed by atoms with Crippen LogP contribution in [0.25, 0.3) is 5.69 Å². The number of aliphatic carboxylic acids is 1. The van der Waals surface area contributed by atoms with E-state index in [9.17, 15) is 55.8 Å². The molecule has 0 bridgehead atoms. The second-order valence-electron chi connectivity index (χ2n) is 15.3. The van der Waals surface area contributed by atoms with Gasteiger partial charge in [0.25, 0.3) is 11.8 Å². The molecule has 3 amide bonds. The number of halogens is 6. The number of hydrogen-bond acceptors (Lipinski definition) is 13. The van der Waals surface area contributed by atoms with Crippen molar-refractivity contribution in [2.24, 2.45) is 0 Å². The Labute approximate surface area is 413 Å². The summed E-state index contributed by atoms with van der Waals surface area (Å²) in [5.41, 5.74) is -0.797. The maximum absolute atomic E-state index is 16.0. The molecule has 7 N–H and O–H groups in total. The Kier molecular flexibility index (Phi) is 21.1. The number of para-hydroxylation sites is 1. The molecule has 392 valence electrons. The van der Waals surface area contributed by atoms with E-state index in [1.807, 2.05) is 5.66 Å². The number of aliphatic hydroxyl groups is 1. The fraction of sp³-hybridized carbons (Fsp3) is 0.395. The van der Waals surface area contributed by atoms with Crippen molar-refractivity contribution in [2.75, 3.05) is 36.8 Å². The molecule has 5 atom stereocenters. The lowest BCUT2D eigenvalue weighted by atomic mass is 10.1. The van der Waals surface area contributed by atoms with Gasteiger partial charge in [-0.15, -0.1) is 11.5 Å². The van der Waals surface area contributed by atoms with Crippen molar-refractivity contribution in [3.63, 3.8) is 0 Å². The molecule has 1 heterocycles. The van der Waals surface area contributed by atoms with E-state index in [0.717, 1.165) is 10.6 Å². The van der Waals surface area contributed by atoms with E-state index in [2.05, 4.69) is 31.2 Å². The second-order valence-corrected chi connectivity index (χ2v) is 19.3. The Balaban J connectivity index is 1.51. The van der Waals surface area contributed by atoms with Crippen molar-refractivity contribution in [2.45, 2.75) is 84.5 Å². The van der Waals surface area contributed by atoms with Crippen molar-refractivity contribution >= 4 is 61.9 Å². The highest BCUT2D eigenvalue weighted by atomic mass is 35.5. The van der Waals surface area contributed by atoms with Crippen molar-refractivity contribution in [1.82, 2.24) is 30.1 Å². The number of carboxylic acids is 1. The van der Waals surface area contributed by atoms with Crippen LogP contribution in [0, 0.1) is 23.7 Å². The van der Waals surface area contributed by atoms with Crippen LogP contribution >= 0.6 is 26.9 Å². The standard InChI is InChI=1S/C43H50ClF5N8O13P2/c1-6-56-36(53-57(42(56)64)34-23-35(70-27(5)43(47,48)49)30(22-33(34)46)40(61)52-37-31(44)12-11-13-32(37)45)24-69-72(66,54-25(3)38(59)51-26(4)41(62)63)68-20-10-8-9-18-50-39(60)28-14-16-29(17-15-28)55-71(65,7-2)67-21-19-58/h2,11-17,22-23,25-27,58H,6,8-10,18-21,24H2,1,3-5H3,(H,50,60)(H,51,59)(H,52,61)(H,54,66)(H,55,65)(H,62,63). The number of aliphatic hydroxyl groups excluding tert-OH is 1. The average Bonchev–Trinajstić information content (AvgIpc) is 3.65. The topological polar surface area (TPSA) is 280 Å². The molecule has 29 heteroatoms. The van der Waals surface area contributed by atoms with E-state index in [0.29, 0.717) is 42.3 Å². The molecule has 0 aliphatic rings. The van der Waals surface area contributed by atoms with Gasteiger partial charge < -0.3 is 40.5 Å². The number of rotatable bonds is 27. The summed E-state index contributed by atoms with van der Waals surface area (Å²) >= 11 is 5.99. The summed E-state index contributed by atoms with van der Waals surface area (Å²) in [6.45, 7) is 2.60. The number of nitrogens with one attached hydrogen (secondary N) is 5. The Morgan fingerprint density at radius 1 is 0.931 bits per heavy atom. The quantitative estimate of drug-likeness (QED) is 0.0144. The zero-order valence-electron chi connectivity index (χ0n) is 38.8. The molecule has 1 aromatic heterocycles. The minimum Gasteiger partial charge on any atom is -0.480 e. The number of carboxylic acid groups (broad SMARTS) is 1. The van der Waals surface area contributed by atoms with E-state index in [1.54, 1.807) is 0 Å². The third kappa shape index (κ3) is 16.2. The normalized spacial score (nSPS) is 14.4. The van der Waals surface area contributed by atoms with Crippen LogP contribution in [0.15, 0.2) is 59.4 Å². The summed E-state index contributed by atoms with van der Waals surface area (Å²) in [7, 11) is -8.37. The largest absolute Gasteiger partial charge is 0.480 e. The number of benzene rings is 3. The van der Waals surface area contributed by atoms with Crippen LogP contribution < -0.4 is 36.6 Å². The maximum atomic E-state index is 16.0. The number of anilines is 2. The number of nitrogens with zero attached hydrogens (tertiary/aromatic N) is 3.